The summed E-state index contributed by atoms with van der Waals surface area (Å²) in [5.74, 6) is 0.397. The lowest BCUT2D eigenvalue weighted by molar-refractivity contribution is -0.126. The van der Waals surface area contributed by atoms with Crippen molar-refractivity contribution in [3.05, 3.63) is 95.0 Å². The molecule has 3 aromatic rings. The molecule has 35 heavy (non-hydrogen) atoms. The molecule has 2 amide bonds. The van der Waals surface area contributed by atoms with Gasteiger partial charge in [-0.25, -0.2) is 0 Å². The predicted octanol–water partition coefficient (Wildman–Crippen LogP) is 5.03. The number of hydrogen-bond acceptors (Lipinski definition) is 4. The van der Waals surface area contributed by atoms with Crippen molar-refractivity contribution in [3.8, 4) is 5.75 Å². The molecule has 7 heteroatoms. The minimum atomic E-state index is -0.235. The first-order valence-corrected chi connectivity index (χ1v) is 11.9. The van der Waals surface area contributed by atoms with Crippen LogP contribution in [0, 0.1) is 6.92 Å². The van der Waals surface area contributed by atoms with E-state index in [0.29, 0.717) is 29.5 Å². The number of carbonyl (C=O) groups is 2. The predicted molar refractivity (Wildman–Crippen MR) is 141 cm³/mol. The number of ether oxygens (including phenoxy) is 1. The zero-order valence-electron chi connectivity index (χ0n) is 19.6. The van der Waals surface area contributed by atoms with Crippen LogP contribution in [0.2, 0.25) is 5.02 Å². The van der Waals surface area contributed by atoms with Crippen LogP contribution >= 0.6 is 11.6 Å². The van der Waals surface area contributed by atoms with Crippen molar-refractivity contribution >= 4 is 40.9 Å². The Balaban J connectivity index is 1.23. The summed E-state index contributed by atoms with van der Waals surface area (Å²) in [6.45, 7) is 4.64. The van der Waals surface area contributed by atoms with Gasteiger partial charge in [0.1, 0.15) is 5.75 Å². The lowest BCUT2D eigenvalue weighted by atomic mass is 10.2. The molecule has 0 unspecified atom stereocenters. The molecule has 0 radical (unpaired) electrons. The molecular weight excluding hydrogens is 462 g/mol. The van der Waals surface area contributed by atoms with Crippen LogP contribution in [-0.2, 0) is 9.59 Å². The van der Waals surface area contributed by atoms with Gasteiger partial charge >= 0.3 is 0 Å². The van der Waals surface area contributed by atoms with E-state index in [9.17, 15) is 9.59 Å². The molecule has 4 rings (SSSR count). The van der Waals surface area contributed by atoms with Crippen LogP contribution in [0.1, 0.15) is 11.1 Å². The topological polar surface area (TPSA) is 61.9 Å². The third kappa shape index (κ3) is 6.87. The highest BCUT2D eigenvalue weighted by Crippen LogP contribution is 2.22. The largest absolute Gasteiger partial charge is 0.484 e. The minimum absolute atomic E-state index is 0.0301. The van der Waals surface area contributed by atoms with Crippen LogP contribution in [-0.4, -0.2) is 49.5 Å². The maximum absolute atomic E-state index is 12.5. The highest BCUT2D eigenvalue weighted by Gasteiger charge is 2.20. The molecule has 3 aromatic carbocycles. The standard InChI is InChI=1S/C28H28ClN3O3/c1-21-19-25(12-13-26(21)29)35-20-27(33)30-23-8-10-24(11-9-23)31-15-17-32(18-16-31)28(34)14-7-22-5-3-2-4-6-22/h2-14,19H,15-18,20H2,1H3,(H,30,33)/b14-7+. The molecule has 1 aliphatic rings. The zero-order chi connectivity index (χ0) is 24.6. The Morgan fingerprint density at radius 3 is 2.37 bits per heavy atom. The van der Waals surface area contributed by atoms with Gasteiger partial charge in [-0.3, -0.25) is 9.59 Å². The van der Waals surface area contributed by atoms with E-state index >= 15 is 0 Å². The summed E-state index contributed by atoms with van der Waals surface area (Å²) >= 11 is 6.02. The number of carbonyl (C=O) groups excluding carboxylic acids is 2. The van der Waals surface area contributed by atoms with E-state index in [1.807, 2.05) is 72.5 Å². The maximum Gasteiger partial charge on any atom is 0.262 e. The highest BCUT2D eigenvalue weighted by atomic mass is 35.5. The molecule has 0 bridgehead atoms. The van der Waals surface area contributed by atoms with Crippen molar-refractivity contribution in [1.29, 1.82) is 0 Å². The average molecular weight is 490 g/mol. The molecule has 0 spiro atoms. The SMILES string of the molecule is Cc1cc(OCC(=O)Nc2ccc(N3CCN(C(=O)/C=C/c4ccccc4)CC3)cc2)ccc1Cl. The van der Waals surface area contributed by atoms with Gasteiger partial charge in [-0.2, -0.15) is 0 Å². The molecule has 1 aliphatic heterocycles. The fourth-order valence-corrected chi connectivity index (χ4v) is 3.95. The fourth-order valence-electron chi connectivity index (χ4n) is 3.83. The summed E-state index contributed by atoms with van der Waals surface area (Å²) in [4.78, 5) is 28.9. The number of benzene rings is 3. The summed E-state index contributed by atoms with van der Waals surface area (Å²) in [6, 6.07) is 22.8. The molecule has 1 heterocycles. The molecule has 0 saturated carbocycles. The first-order chi connectivity index (χ1) is 17.0. The molecule has 0 aliphatic carbocycles. The Hall–Kier alpha value is -3.77. The maximum atomic E-state index is 12.5. The van der Waals surface area contributed by atoms with Crippen molar-refractivity contribution < 1.29 is 14.3 Å². The van der Waals surface area contributed by atoms with Crippen molar-refractivity contribution in [2.24, 2.45) is 0 Å². The van der Waals surface area contributed by atoms with Gasteiger partial charge < -0.3 is 19.9 Å². The van der Waals surface area contributed by atoms with E-state index in [4.69, 9.17) is 16.3 Å². The van der Waals surface area contributed by atoms with E-state index in [2.05, 4.69) is 10.2 Å². The first kappa shape index (κ1) is 24.4. The van der Waals surface area contributed by atoms with Crippen LogP contribution < -0.4 is 15.0 Å². The normalized spacial score (nSPS) is 13.7. The average Bonchev–Trinajstić information content (AvgIpc) is 2.89. The zero-order valence-corrected chi connectivity index (χ0v) is 20.4. The van der Waals surface area contributed by atoms with Gasteiger partial charge in [-0.15, -0.1) is 0 Å². The molecule has 1 saturated heterocycles. The van der Waals surface area contributed by atoms with Crippen LogP contribution in [0.3, 0.4) is 0 Å². The fraction of sp³-hybridized carbons (Fsp3) is 0.214. The van der Waals surface area contributed by atoms with Crippen LogP contribution in [0.5, 0.6) is 5.75 Å². The lowest BCUT2D eigenvalue weighted by Gasteiger charge is -2.35. The number of amides is 2. The minimum Gasteiger partial charge on any atom is -0.484 e. The lowest BCUT2D eigenvalue weighted by Crippen LogP contribution is -2.48. The molecule has 6 nitrogen and oxygen atoms in total. The number of piperazine rings is 1. The second-order valence-corrected chi connectivity index (χ2v) is 8.76. The van der Waals surface area contributed by atoms with Gasteiger partial charge in [0, 0.05) is 48.7 Å². The third-order valence-electron chi connectivity index (χ3n) is 5.82. The van der Waals surface area contributed by atoms with Crippen LogP contribution in [0.4, 0.5) is 11.4 Å². The Kier molecular flexibility index (Phi) is 8.06. The number of rotatable bonds is 7. The van der Waals surface area contributed by atoms with Crippen molar-refractivity contribution in [1.82, 2.24) is 4.90 Å². The number of aryl methyl sites for hydroxylation is 1. The van der Waals surface area contributed by atoms with E-state index in [0.717, 1.165) is 29.9 Å². The summed E-state index contributed by atoms with van der Waals surface area (Å²) in [5, 5.41) is 3.51. The Morgan fingerprint density at radius 1 is 0.971 bits per heavy atom. The third-order valence-corrected chi connectivity index (χ3v) is 6.25. The van der Waals surface area contributed by atoms with Crippen molar-refractivity contribution in [2.75, 3.05) is 43.0 Å². The van der Waals surface area contributed by atoms with E-state index in [1.165, 1.54) is 0 Å². The van der Waals surface area contributed by atoms with Gasteiger partial charge in [0.05, 0.1) is 0 Å². The van der Waals surface area contributed by atoms with E-state index in [1.54, 1.807) is 24.3 Å². The van der Waals surface area contributed by atoms with E-state index < -0.39 is 0 Å². The molecule has 0 atom stereocenters. The Labute approximate surface area is 210 Å². The second kappa shape index (κ2) is 11.6. The number of nitrogens with one attached hydrogen (secondary N) is 1. The smallest absolute Gasteiger partial charge is 0.262 e. The van der Waals surface area contributed by atoms with Crippen LogP contribution in [0.15, 0.2) is 78.9 Å². The molecule has 1 N–H and O–H groups in total. The second-order valence-electron chi connectivity index (χ2n) is 8.35. The van der Waals surface area contributed by atoms with Gasteiger partial charge in [-0.05, 0) is 66.6 Å². The summed E-state index contributed by atoms with van der Waals surface area (Å²) in [5.41, 5.74) is 3.67. The van der Waals surface area contributed by atoms with E-state index in [-0.39, 0.29) is 18.4 Å². The van der Waals surface area contributed by atoms with Crippen molar-refractivity contribution in [2.45, 2.75) is 6.92 Å². The monoisotopic (exact) mass is 489 g/mol. The molecule has 0 aromatic heterocycles. The molecule has 180 valence electrons. The summed E-state index contributed by atoms with van der Waals surface area (Å²) < 4.78 is 5.55. The Morgan fingerprint density at radius 2 is 1.69 bits per heavy atom. The van der Waals surface area contributed by atoms with Crippen molar-refractivity contribution in [3.63, 3.8) is 0 Å². The number of hydrogen-bond donors (Lipinski definition) is 1. The summed E-state index contributed by atoms with van der Waals surface area (Å²) in [7, 11) is 0. The van der Waals surface area contributed by atoms with Crippen LogP contribution in [0.25, 0.3) is 6.08 Å². The number of halogens is 1. The molecule has 1 fully saturated rings. The quantitative estimate of drug-likeness (QED) is 0.473. The van der Waals surface area contributed by atoms with Gasteiger partial charge in [0.2, 0.25) is 5.91 Å². The first-order valence-electron chi connectivity index (χ1n) is 11.5. The Bertz CT molecular complexity index is 1190. The van der Waals surface area contributed by atoms with Gasteiger partial charge in [0.15, 0.2) is 6.61 Å². The number of nitrogens with zero attached hydrogens (tertiary/aromatic N) is 2. The highest BCUT2D eigenvalue weighted by molar-refractivity contribution is 6.31. The summed E-state index contributed by atoms with van der Waals surface area (Å²) in [6.07, 6.45) is 3.49. The number of anilines is 2. The molecular formula is C28H28ClN3O3. The van der Waals surface area contributed by atoms with Gasteiger partial charge in [0.25, 0.3) is 5.91 Å². The van der Waals surface area contributed by atoms with Gasteiger partial charge in [-0.1, -0.05) is 41.9 Å².